The summed E-state index contributed by atoms with van der Waals surface area (Å²) in [5, 5.41) is 10.0. The third kappa shape index (κ3) is 3.68. The van der Waals surface area contributed by atoms with Crippen molar-refractivity contribution in [2.45, 2.75) is 45.9 Å². The molecule has 3 N–H and O–H groups in total. The quantitative estimate of drug-likeness (QED) is 0.850. The van der Waals surface area contributed by atoms with Crippen LogP contribution in [0.25, 0.3) is 0 Å². The molecule has 0 spiro atoms. The summed E-state index contributed by atoms with van der Waals surface area (Å²) in [5.41, 5.74) is 6.33. The number of aliphatic hydroxyl groups excluding tert-OH is 1. The smallest absolute Gasteiger partial charge is 0.165 e. The van der Waals surface area contributed by atoms with Crippen LogP contribution in [0.3, 0.4) is 0 Å². The van der Waals surface area contributed by atoms with E-state index >= 15 is 0 Å². The SMILES string of the molecule is CC(C)Oc1ccc(C(O)C(N)C(C)C)cc1F. The zero-order valence-electron chi connectivity index (χ0n) is 11.4. The van der Waals surface area contributed by atoms with E-state index in [-0.39, 0.29) is 17.8 Å². The van der Waals surface area contributed by atoms with Gasteiger partial charge in [0.05, 0.1) is 12.2 Å². The Morgan fingerprint density at radius 1 is 1.22 bits per heavy atom. The van der Waals surface area contributed by atoms with Gasteiger partial charge < -0.3 is 15.6 Å². The Kier molecular flexibility index (Phi) is 5.11. The van der Waals surface area contributed by atoms with Crippen molar-refractivity contribution in [1.82, 2.24) is 0 Å². The second kappa shape index (κ2) is 6.16. The lowest BCUT2D eigenvalue weighted by atomic mass is 9.94. The Labute approximate surface area is 108 Å². The van der Waals surface area contributed by atoms with Crippen LogP contribution in [0.15, 0.2) is 18.2 Å². The molecule has 0 bridgehead atoms. The van der Waals surface area contributed by atoms with Crippen molar-refractivity contribution < 1.29 is 14.2 Å². The number of aliphatic hydroxyl groups is 1. The Morgan fingerprint density at radius 2 is 1.83 bits per heavy atom. The van der Waals surface area contributed by atoms with Gasteiger partial charge >= 0.3 is 0 Å². The van der Waals surface area contributed by atoms with Gasteiger partial charge in [-0.3, -0.25) is 0 Å². The van der Waals surface area contributed by atoms with Crippen molar-refractivity contribution in [3.63, 3.8) is 0 Å². The fourth-order valence-electron chi connectivity index (χ4n) is 1.64. The molecular formula is C14H22FNO2. The van der Waals surface area contributed by atoms with E-state index in [0.29, 0.717) is 5.56 Å². The van der Waals surface area contributed by atoms with Crippen LogP contribution in [0.5, 0.6) is 5.75 Å². The molecule has 0 saturated carbocycles. The summed E-state index contributed by atoms with van der Waals surface area (Å²) in [5.74, 6) is -0.162. The Bertz CT molecular complexity index is 393. The molecule has 0 aliphatic carbocycles. The van der Waals surface area contributed by atoms with Crippen molar-refractivity contribution in [1.29, 1.82) is 0 Å². The van der Waals surface area contributed by atoms with E-state index in [4.69, 9.17) is 10.5 Å². The molecule has 4 heteroatoms. The Morgan fingerprint density at radius 3 is 2.28 bits per heavy atom. The van der Waals surface area contributed by atoms with Gasteiger partial charge in [0.15, 0.2) is 11.6 Å². The standard InChI is InChI=1S/C14H22FNO2/c1-8(2)13(16)14(17)10-5-6-12(11(15)7-10)18-9(3)4/h5-9,13-14,17H,16H2,1-4H3. The summed E-state index contributed by atoms with van der Waals surface area (Å²) >= 11 is 0. The number of hydrogen-bond acceptors (Lipinski definition) is 3. The zero-order chi connectivity index (χ0) is 13.9. The van der Waals surface area contributed by atoms with Crippen molar-refractivity contribution in [2.24, 2.45) is 11.7 Å². The average molecular weight is 255 g/mol. The normalized spacial score (nSPS) is 14.9. The minimum absolute atomic E-state index is 0.0896. The molecule has 18 heavy (non-hydrogen) atoms. The largest absolute Gasteiger partial charge is 0.488 e. The fourth-order valence-corrected chi connectivity index (χ4v) is 1.64. The Hall–Kier alpha value is -1.13. The number of halogens is 1. The highest BCUT2D eigenvalue weighted by atomic mass is 19.1. The molecule has 0 heterocycles. The van der Waals surface area contributed by atoms with Gasteiger partial charge in [-0.25, -0.2) is 4.39 Å². The van der Waals surface area contributed by atoms with E-state index in [0.717, 1.165) is 0 Å². The highest BCUT2D eigenvalue weighted by molar-refractivity contribution is 5.31. The van der Waals surface area contributed by atoms with Crippen molar-refractivity contribution >= 4 is 0 Å². The molecule has 0 saturated heterocycles. The third-order valence-electron chi connectivity index (χ3n) is 2.79. The first-order valence-corrected chi connectivity index (χ1v) is 6.22. The number of nitrogens with two attached hydrogens (primary N) is 1. The summed E-state index contributed by atoms with van der Waals surface area (Å²) in [6.07, 6.45) is -0.958. The first kappa shape index (κ1) is 14.9. The lowest BCUT2D eigenvalue weighted by Gasteiger charge is -2.23. The summed E-state index contributed by atoms with van der Waals surface area (Å²) in [7, 11) is 0. The predicted molar refractivity (Wildman–Crippen MR) is 69.9 cm³/mol. The summed E-state index contributed by atoms with van der Waals surface area (Å²) in [4.78, 5) is 0. The molecular weight excluding hydrogens is 233 g/mol. The summed E-state index contributed by atoms with van der Waals surface area (Å²) < 4.78 is 19.1. The van der Waals surface area contributed by atoms with Crippen molar-refractivity contribution in [2.75, 3.05) is 0 Å². The van der Waals surface area contributed by atoms with E-state index in [1.54, 1.807) is 6.07 Å². The van der Waals surface area contributed by atoms with Gasteiger partial charge in [-0.1, -0.05) is 19.9 Å². The van der Waals surface area contributed by atoms with Gasteiger partial charge in [-0.05, 0) is 37.5 Å². The molecule has 102 valence electrons. The van der Waals surface area contributed by atoms with Crippen LogP contribution in [-0.2, 0) is 0 Å². The molecule has 0 radical (unpaired) electrons. The molecule has 0 amide bonds. The lowest BCUT2D eigenvalue weighted by molar-refractivity contribution is 0.125. The van der Waals surface area contributed by atoms with Crippen LogP contribution in [0, 0.1) is 11.7 Å². The first-order chi connectivity index (χ1) is 8.32. The van der Waals surface area contributed by atoms with E-state index in [2.05, 4.69) is 0 Å². The van der Waals surface area contributed by atoms with Gasteiger partial charge in [-0.15, -0.1) is 0 Å². The molecule has 1 aromatic carbocycles. The second-order valence-corrected chi connectivity index (χ2v) is 5.12. The first-order valence-electron chi connectivity index (χ1n) is 6.22. The average Bonchev–Trinajstić information content (AvgIpc) is 2.29. The minimum atomic E-state index is -0.868. The van der Waals surface area contributed by atoms with E-state index in [1.165, 1.54) is 12.1 Å². The minimum Gasteiger partial charge on any atom is -0.488 e. The summed E-state index contributed by atoms with van der Waals surface area (Å²) in [6, 6.07) is 4.04. The van der Waals surface area contributed by atoms with E-state index in [1.807, 2.05) is 27.7 Å². The molecule has 1 rings (SSSR count). The second-order valence-electron chi connectivity index (χ2n) is 5.12. The predicted octanol–water partition coefficient (Wildman–Crippen LogP) is 2.63. The molecule has 3 nitrogen and oxygen atoms in total. The van der Waals surface area contributed by atoms with Crippen LogP contribution in [0.2, 0.25) is 0 Å². The maximum atomic E-state index is 13.8. The van der Waals surface area contributed by atoms with Gasteiger partial charge in [0.25, 0.3) is 0 Å². The van der Waals surface area contributed by atoms with Crippen LogP contribution >= 0.6 is 0 Å². The molecule has 0 aliphatic rings. The van der Waals surface area contributed by atoms with Crippen molar-refractivity contribution in [3.05, 3.63) is 29.6 Å². The van der Waals surface area contributed by atoms with E-state index in [9.17, 15) is 9.50 Å². The monoisotopic (exact) mass is 255 g/mol. The maximum Gasteiger partial charge on any atom is 0.165 e. The van der Waals surface area contributed by atoms with Crippen LogP contribution in [-0.4, -0.2) is 17.3 Å². The van der Waals surface area contributed by atoms with Crippen LogP contribution < -0.4 is 10.5 Å². The highest BCUT2D eigenvalue weighted by Crippen LogP contribution is 2.26. The topological polar surface area (TPSA) is 55.5 Å². The molecule has 2 unspecified atom stereocenters. The van der Waals surface area contributed by atoms with Gasteiger partial charge in [-0.2, -0.15) is 0 Å². The van der Waals surface area contributed by atoms with Gasteiger partial charge in [0.2, 0.25) is 0 Å². The third-order valence-corrected chi connectivity index (χ3v) is 2.79. The van der Waals surface area contributed by atoms with Gasteiger partial charge in [0, 0.05) is 6.04 Å². The molecule has 1 aromatic rings. The van der Waals surface area contributed by atoms with E-state index < -0.39 is 18.0 Å². The molecule has 0 fully saturated rings. The van der Waals surface area contributed by atoms with Crippen molar-refractivity contribution in [3.8, 4) is 5.75 Å². The highest BCUT2D eigenvalue weighted by Gasteiger charge is 2.21. The van der Waals surface area contributed by atoms with Crippen LogP contribution in [0.4, 0.5) is 4.39 Å². The van der Waals surface area contributed by atoms with Crippen LogP contribution in [0.1, 0.15) is 39.4 Å². The number of ether oxygens (including phenoxy) is 1. The number of hydrogen-bond donors (Lipinski definition) is 2. The number of rotatable bonds is 5. The molecule has 0 aliphatic heterocycles. The fraction of sp³-hybridized carbons (Fsp3) is 0.571. The number of benzene rings is 1. The molecule has 0 aromatic heterocycles. The van der Waals surface area contributed by atoms with Gasteiger partial charge in [0.1, 0.15) is 0 Å². The lowest BCUT2D eigenvalue weighted by Crippen LogP contribution is -2.33. The maximum absolute atomic E-state index is 13.8. The Balaban J connectivity index is 2.90. The summed E-state index contributed by atoms with van der Waals surface area (Å²) in [6.45, 7) is 7.49. The zero-order valence-corrected chi connectivity index (χ0v) is 11.4. The molecule has 2 atom stereocenters.